The van der Waals surface area contributed by atoms with Crippen LogP contribution in [0.15, 0.2) is 12.1 Å². The molecule has 0 atom stereocenters. The molecule has 0 N–H and O–H groups in total. The van der Waals surface area contributed by atoms with E-state index in [1.165, 1.54) is 0 Å². The average molecular weight is 316 g/mol. The molecule has 1 aromatic carbocycles. The molecule has 0 fully saturated rings. The standard InChI is InChI=1S/C18H20O5/c1-3-15-13-17-18(14-16(15)4-2)23-12-10-21-8-6-19-5-7-20-9-11-22-17/h1-2,13-14H,5-12H2. The number of hydrogen-bond acceptors (Lipinski definition) is 5. The van der Waals surface area contributed by atoms with Crippen molar-refractivity contribution >= 4 is 0 Å². The quantitative estimate of drug-likeness (QED) is 0.678. The van der Waals surface area contributed by atoms with Crippen LogP contribution in [-0.4, -0.2) is 52.9 Å². The Hall–Kier alpha value is -2.18. The van der Waals surface area contributed by atoms with Gasteiger partial charge in [0.05, 0.1) is 39.6 Å². The van der Waals surface area contributed by atoms with Gasteiger partial charge < -0.3 is 23.7 Å². The van der Waals surface area contributed by atoms with Crippen molar-refractivity contribution in [2.75, 3.05) is 52.9 Å². The molecule has 0 spiro atoms. The summed E-state index contributed by atoms with van der Waals surface area (Å²) in [5.41, 5.74) is 1.19. The largest absolute Gasteiger partial charge is 0.487 e. The van der Waals surface area contributed by atoms with Crippen LogP contribution in [0.5, 0.6) is 11.5 Å². The lowest BCUT2D eigenvalue weighted by atomic mass is 10.1. The summed E-state index contributed by atoms with van der Waals surface area (Å²) in [6.07, 6.45) is 11.0. The molecule has 0 aliphatic carbocycles. The summed E-state index contributed by atoms with van der Waals surface area (Å²) in [5.74, 6) is 6.21. The molecule has 0 aromatic heterocycles. The van der Waals surface area contributed by atoms with Gasteiger partial charge >= 0.3 is 0 Å². The van der Waals surface area contributed by atoms with Crippen molar-refractivity contribution in [1.82, 2.24) is 0 Å². The highest BCUT2D eigenvalue weighted by Crippen LogP contribution is 2.30. The van der Waals surface area contributed by atoms with E-state index in [1.807, 2.05) is 0 Å². The van der Waals surface area contributed by atoms with Gasteiger partial charge in [-0.3, -0.25) is 0 Å². The first-order chi connectivity index (χ1) is 11.3. The number of terminal acetylenes is 2. The fourth-order valence-corrected chi connectivity index (χ4v) is 1.99. The van der Waals surface area contributed by atoms with Gasteiger partial charge in [-0.1, -0.05) is 11.8 Å². The van der Waals surface area contributed by atoms with Crippen LogP contribution in [-0.2, 0) is 14.2 Å². The third-order valence-corrected chi connectivity index (χ3v) is 3.11. The summed E-state index contributed by atoms with van der Waals surface area (Å²) < 4.78 is 27.6. The molecule has 5 nitrogen and oxygen atoms in total. The summed E-state index contributed by atoms with van der Waals surface area (Å²) in [7, 11) is 0. The summed E-state index contributed by atoms with van der Waals surface area (Å²) in [6.45, 7) is 3.74. The Balaban J connectivity index is 2.12. The minimum atomic E-state index is 0.381. The maximum absolute atomic E-state index is 5.71. The van der Waals surface area contributed by atoms with Gasteiger partial charge in [-0.25, -0.2) is 0 Å². The maximum atomic E-state index is 5.71. The highest BCUT2D eigenvalue weighted by molar-refractivity contribution is 5.57. The van der Waals surface area contributed by atoms with E-state index in [2.05, 4.69) is 11.8 Å². The lowest BCUT2D eigenvalue weighted by Crippen LogP contribution is -2.13. The molecule has 1 heterocycles. The van der Waals surface area contributed by atoms with Crippen molar-refractivity contribution in [3.63, 3.8) is 0 Å². The molecule has 0 radical (unpaired) electrons. The highest BCUT2D eigenvalue weighted by Gasteiger charge is 2.11. The summed E-state index contributed by atoms with van der Waals surface area (Å²) in [6, 6.07) is 3.43. The van der Waals surface area contributed by atoms with Crippen molar-refractivity contribution in [1.29, 1.82) is 0 Å². The molecule has 1 aromatic rings. The van der Waals surface area contributed by atoms with Crippen molar-refractivity contribution in [2.45, 2.75) is 0 Å². The van der Waals surface area contributed by atoms with E-state index in [-0.39, 0.29) is 0 Å². The van der Waals surface area contributed by atoms with Crippen molar-refractivity contribution in [2.24, 2.45) is 0 Å². The Morgan fingerprint density at radius 3 is 1.30 bits per heavy atom. The second-order valence-electron chi connectivity index (χ2n) is 4.67. The molecule has 0 saturated heterocycles. The first-order valence-electron chi connectivity index (χ1n) is 7.45. The van der Waals surface area contributed by atoms with Crippen LogP contribution in [0.4, 0.5) is 0 Å². The Morgan fingerprint density at radius 1 is 0.609 bits per heavy atom. The predicted molar refractivity (Wildman–Crippen MR) is 85.8 cm³/mol. The number of fused-ring (bicyclic) bond motifs is 1. The first-order valence-corrected chi connectivity index (χ1v) is 7.45. The van der Waals surface area contributed by atoms with E-state index >= 15 is 0 Å². The monoisotopic (exact) mass is 316 g/mol. The molecular weight excluding hydrogens is 296 g/mol. The lowest BCUT2D eigenvalue weighted by molar-refractivity contribution is 0.00708. The third-order valence-electron chi connectivity index (χ3n) is 3.11. The molecule has 5 heteroatoms. The molecule has 0 unspecified atom stereocenters. The number of rotatable bonds is 0. The molecule has 1 aliphatic rings. The molecule has 0 saturated carbocycles. The van der Waals surface area contributed by atoms with Gasteiger partial charge in [-0.05, 0) is 0 Å². The number of benzene rings is 1. The number of ether oxygens (including phenoxy) is 5. The van der Waals surface area contributed by atoms with E-state index in [0.29, 0.717) is 75.5 Å². The normalized spacial score (nSPS) is 17.1. The van der Waals surface area contributed by atoms with Crippen LogP contribution in [0.25, 0.3) is 0 Å². The Bertz CT molecular complexity index is 531. The second-order valence-corrected chi connectivity index (χ2v) is 4.67. The van der Waals surface area contributed by atoms with Gasteiger partial charge in [-0.2, -0.15) is 0 Å². The van der Waals surface area contributed by atoms with Gasteiger partial charge in [-0.15, -0.1) is 12.8 Å². The van der Waals surface area contributed by atoms with Crippen LogP contribution >= 0.6 is 0 Å². The lowest BCUT2D eigenvalue weighted by Gasteiger charge is -2.14. The van der Waals surface area contributed by atoms with E-state index in [9.17, 15) is 0 Å². The van der Waals surface area contributed by atoms with Crippen molar-refractivity contribution in [3.05, 3.63) is 23.3 Å². The summed E-state index contributed by atoms with van der Waals surface area (Å²) >= 11 is 0. The van der Waals surface area contributed by atoms with Crippen molar-refractivity contribution in [3.8, 4) is 36.2 Å². The van der Waals surface area contributed by atoms with Gasteiger partial charge in [0.25, 0.3) is 0 Å². The average Bonchev–Trinajstić information content (AvgIpc) is 2.59. The fraction of sp³-hybridized carbons (Fsp3) is 0.444. The zero-order valence-corrected chi connectivity index (χ0v) is 13.0. The minimum Gasteiger partial charge on any atom is -0.487 e. The first kappa shape index (κ1) is 17.2. The molecule has 122 valence electrons. The smallest absolute Gasteiger partial charge is 0.162 e. The molecule has 23 heavy (non-hydrogen) atoms. The fourth-order valence-electron chi connectivity index (χ4n) is 1.99. The van der Waals surface area contributed by atoms with Crippen LogP contribution < -0.4 is 9.47 Å². The van der Waals surface area contributed by atoms with Gasteiger partial charge in [0.15, 0.2) is 11.5 Å². The molecule has 0 amide bonds. The molecule has 1 aliphatic heterocycles. The number of hydrogen-bond donors (Lipinski definition) is 0. The zero-order chi connectivity index (χ0) is 16.3. The highest BCUT2D eigenvalue weighted by atomic mass is 16.6. The third kappa shape index (κ3) is 5.50. The topological polar surface area (TPSA) is 46.2 Å². The minimum absolute atomic E-state index is 0.381. The Labute approximate surface area is 136 Å². The van der Waals surface area contributed by atoms with E-state index < -0.39 is 0 Å². The van der Waals surface area contributed by atoms with E-state index in [4.69, 9.17) is 36.5 Å². The Kier molecular flexibility index (Phi) is 7.29. The maximum Gasteiger partial charge on any atom is 0.162 e. The van der Waals surface area contributed by atoms with Crippen LogP contribution in [0.3, 0.4) is 0 Å². The van der Waals surface area contributed by atoms with E-state index in [0.717, 1.165) is 0 Å². The molecular formula is C18H20O5. The zero-order valence-electron chi connectivity index (χ0n) is 13.0. The van der Waals surface area contributed by atoms with Gasteiger partial charge in [0.2, 0.25) is 0 Å². The summed E-state index contributed by atoms with van der Waals surface area (Å²) in [4.78, 5) is 0. The second kappa shape index (κ2) is 9.76. The van der Waals surface area contributed by atoms with Crippen molar-refractivity contribution < 1.29 is 23.7 Å². The molecule has 2 rings (SSSR count). The van der Waals surface area contributed by atoms with Crippen LogP contribution in [0.2, 0.25) is 0 Å². The SMILES string of the molecule is C#Cc1cc2c(cc1C#C)OCCOCCOCCOCCO2. The van der Waals surface area contributed by atoms with E-state index in [1.54, 1.807) is 12.1 Å². The molecule has 0 bridgehead atoms. The van der Waals surface area contributed by atoms with Gasteiger partial charge in [0, 0.05) is 23.3 Å². The summed E-state index contributed by atoms with van der Waals surface area (Å²) in [5, 5.41) is 0. The van der Waals surface area contributed by atoms with Crippen LogP contribution in [0.1, 0.15) is 11.1 Å². The predicted octanol–water partition coefficient (Wildman–Crippen LogP) is 1.47. The van der Waals surface area contributed by atoms with Crippen LogP contribution in [0, 0.1) is 24.7 Å². The Morgan fingerprint density at radius 2 is 0.957 bits per heavy atom. The van der Waals surface area contributed by atoms with Gasteiger partial charge in [0.1, 0.15) is 13.2 Å².